The van der Waals surface area contributed by atoms with Gasteiger partial charge in [0.2, 0.25) is 0 Å². The molecule has 1 amide bonds. The maximum Gasteiger partial charge on any atom is 0.491 e. The third-order valence-electron chi connectivity index (χ3n) is 5.81. The highest BCUT2D eigenvalue weighted by atomic mass is 32.2. The molecule has 2 aliphatic rings. The number of carbonyl (C=O) groups excluding carboxylic acids is 2. The summed E-state index contributed by atoms with van der Waals surface area (Å²) in [6, 6.07) is 9.70. The van der Waals surface area contributed by atoms with Gasteiger partial charge in [-0.15, -0.1) is 0 Å². The van der Waals surface area contributed by atoms with Crippen LogP contribution in [0.3, 0.4) is 0 Å². The Morgan fingerprint density at radius 3 is 2.35 bits per heavy atom. The van der Waals surface area contributed by atoms with Crippen molar-refractivity contribution >= 4 is 27.4 Å². The number of esters is 1. The second-order valence-corrected chi connectivity index (χ2v) is 10.7. The van der Waals surface area contributed by atoms with Crippen LogP contribution in [-0.4, -0.2) is 45.3 Å². The molecule has 0 radical (unpaired) electrons. The Kier molecular flexibility index (Phi) is 6.43. The molecule has 7 nitrogen and oxygen atoms in total. The first kappa shape index (κ1) is 24.2. The monoisotopic (exact) mass is 496 g/mol. The van der Waals surface area contributed by atoms with E-state index in [1.165, 1.54) is 36.4 Å². The molecular formula is C23H23F3N2O5S. The number of halogens is 3. The van der Waals surface area contributed by atoms with E-state index < -0.39 is 33.6 Å². The summed E-state index contributed by atoms with van der Waals surface area (Å²) < 4.78 is 66.8. The van der Waals surface area contributed by atoms with E-state index in [2.05, 4.69) is 10.6 Å². The van der Waals surface area contributed by atoms with E-state index >= 15 is 0 Å². The summed E-state index contributed by atoms with van der Waals surface area (Å²) in [5.41, 5.74) is 0.354. The number of rotatable bonds is 8. The minimum Gasteiger partial charge on any atom is -0.419 e. The lowest BCUT2D eigenvalue weighted by atomic mass is 10.0. The zero-order valence-electron chi connectivity index (χ0n) is 18.2. The molecule has 0 saturated heterocycles. The molecule has 2 saturated carbocycles. The van der Waals surface area contributed by atoms with Crippen LogP contribution in [0, 0.1) is 5.92 Å². The van der Waals surface area contributed by atoms with Gasteiger partial charge < -0.3 is 15.4 Å². The van der Waals surface area contributed by atoms with Crippen LogP contribution in [-0.2, 0) is 14.6 Å². The summed E-state index contributed by atoms with van der Waals surface area (Å²) in [5, 5.41) is 5.88. The Hall–Kier alpha value is -2.92. The van der Waals surface area contributed by atoms with Crippen LogP contribution >= 0.6 is 0 Å². The van der Waals surface area contributed by atoms with E-state index in [9.17, 15) is 31.2 Å². The Morgan fingerprint density at radius 2 is 1.76 bits per heavy atom. The molecule has 2 N–H and O–H groups in total. The molecule has 2 aromatic carbocycles. The number of anilines is 1. The van der Waals surface area contributed by atoms with Gasteiger partial charge in [0, 0.05) is 29.5 Å². The van der Waals surface area contributed by atoms with Crippen LogP contribution in [0.25, 0.3) is 0 Å². The summed E-state index contributed by atoms with van der Waals surface area (Å²) in [6.07, 6.45) is -1.23. The summed E-state index contributed by atoms with van der Waals surface area (Å²) in [4.78, 5) is 24.6. The van der Waals surface area contributed by atoms with E-state index in [-0.39, 0.29) is 28.1 Å². The third kappa shape index (κ3) is 5.76. The van der Waals surface area contributed by atoms with Crippen LogP contribution in [0.15, 0.2) is 47.4 Å². The second-order valence-electron chi connectivity index (χ2n) is 8.66. The normalized spacial score (nSPS) is 20.0. The molecule has 0 aromatic heterocycles. The van der Waals surface area contributed by atoms with Crippen molar-refractivity contribution in [3.8, 4) is 5.75 Å². The average molecular weight is 497 g/mol. The second kappa shape index (κ2) is 9.03. The fourth-order valence-electron chi connectivity index (χ4n) is 3.68. The number of amides is 1. The van der Waals surface area contributed by atoms with Gasteiger partial charge in [0.25, 0.3) is 5.91 Å². The Balaban J connectivity index is 1.58. The van der Waals surface area contributed by atoms with Crippen LogP contribution in [0.4, 0.5) is 18.9 Å². The summed E-state index contributed by atoms with van der Waals surface area (Å²) in [6.45, 7) is 0.822. The molecule has 2 aliphatic carbocycles. The van der Waals surface area contributed by atoms with E-state index in [1.54, 1.807) is 6.07 Å². The fourth-order valence-corrected chi connectivity index (χ4v) is 4.31. The van der Waals surface area contributed by atoms with Gasteiger partial charge in [-0.3, -0.25) is 4.79 Å². The standard InChI is InChI=1S/C23H23F3N2O5S/c1-34(31,32)15-9-7-14(8-10-15)28-21(29)17-4-2-3-16(20(17)33-22(30)23(24,25)26)18-11-19(18)27-12-13-5-6-13/h2-4,7-10,13,18-19,27H,5-6,11-12H2,1H3,(H,28,29). The summed E-state index contributed by atoms with van der Waals surface area (Å²) in [7, 11) is -3.44. The highest BCUT2D eigenvalue weighted by Crippen LogP contribution is 2.46. The maximum atomic E-state index is 13.0. The molecule has 0 aliphatic heterocycles. The number of carbonyl (C=O) groups is 2. The molecule has 0 heterocycles. The zero-order valence-corrected chi connectivity index (χ0v) is 19.0. The fraction of sp³-hybridized carbons (Fsp3) is 0.391. The van der Waals surface area contributed by atoms with Crippen LogP contribution in [0.5, 0.6) is 5.75 Å². The minimum absolute atomic E-state index is 0.0331. The average Bonchev–Trinajstić information content (AvgIpc) is 3.66. The van der Waals surface area contributed by atoms with E-state index in [0.717, 1.165) is 25.6 Å². The molecule has 2 atom stereocenters. The lowest BCUT2D eigenvalue weighted by molar-refractivity contribution is -0.189. The van der Waals surface area contributed by atoms with Crippen LogP contribution in [0.1, 0.15) is 41.1 Å². The lowest BCUT2D eigenvalue weighted by Crippen LogP contribution is -2.29. The molecule has 4 rings (SSSR count). The Morgan fingerprint density at radius 1 is 1.09 bits per heavy atom. The van der Waals surface area contributed by atoms with Gasteiger partial charge in [0.15, 0.2) is 9.84 Å². The number of ether oxygens (including phenoxy) is 1. The number of para-hydroxylation sites is 1. The van der Waals surface area contributed by atoms with E-state index in [0.29, 0.717) is 17.9 Å². The maximum absolute atomic E-state index is 13.0. The molecule has 34 heavy (non-hydrogen) atoms. The first-order valence-corrected chi connectivity index (χ1v) is 12.6. The predicted octanol–water partition coefficient (Wildman–Crippen LogP) is 3.67. The van der Waals surface area contributed by atoms with Crippen molar-refractivity contribution in [3.05, 3.63) is 53.6 Å². The molecule has 182 valence electrons. The summed E-state index contributed by atoms with van der Waals surface area (Å²) in [5.74, 6) is -3.18. The van der Waals surface area contributed by atoms with Gasteiger partial charge in [-0.05, 0) is 62.1 Å². The smallest absolute Gasteiger partial charge is 0.419 e. The molecule has 0 spiro atoms. The van der Waals surface area contributed by atoms with Gasteiger partial charge in [-0.1, -0.05) is 12.1 Å². The SMILES string of the molecule is CS(=O)(=O)c1ccc(NC(=O)c2cccc(C3CC3NCC3CC3)c2OC(=O)C(F)(F)F)cc1. The number of hydrogen-bond acceptors (Lipinski definition) is 6. The zero-order chi connectivity index (χ0) is 24.7. The van der Waals surface area contributed by atoms with Crippen molar-refractivity contribution < 1.29 is 35.9 Å². The summed E-state index contributed by atoms with van der Waals surface area (Å²) >= 11 is 0. The van der Waals surface area contributed by atoms with Gasteiger partial charge in [-0.25, -0.2) is 13.2 Å². The highest BCUT2D eigenvalue weighted by Gasteiger charge is 2.45. The highest BCUT2D eigenvalue weighted by molar-refractivity contribution is 7.90. The van der Waals surface area contributed by atoms with Crippen LogP contribution in [0.2, 0.25) is 0 Å². The quantitative estimate of drug-likeness (QED) is 0.427. The topological polar surface area (TPSA) is 102 Å². The van der Waals surface area contributed by atoms with E-state index in [1.807, 2.05) is 0 Å². The van der Waals surface area contributed by atoms with Crippen molar-refractivity contribution in [2.75, 3.05) is 18.1 Å². The van der Waals surface area contributed by atoms with Gasteiger partial charge in [0.1, 0.15) is 5.75 Å². The number of hydrogen-bond donors (Lipinski definition) is 2. The largest absolute Gasteiger partial charge is 0.491 e. The molecule has 2 unspecified atom stereocenters. The molecule has 2 fully saturated rings. The van der Waals surface area contributed by atoms with Crippen LogP contribution < -0.4 is 15.4 Å². The first-order chi connectivity index (χ1) is 15.9. The number of nitrogens with one attached hydrogen (secondary N) is 2. The molecule has 0 bridgehead atoms. The number of sulfone groups is 1. The van der Waals surface area contributed by atoms with Gasteiger partial charge in [-0.2, -0.15) is 13.2 Å². The van der Waals surface area contributed by atoms with Crippen molar-refractivity contribution in [1.29, 1.82) is 0 Å². The molecule has 2 aromatic rings. The Bertz CT molecular complexity index is 1210. The van der Waals surface area contributed by atoms with Crippen molar-refractivity contribution in [3.63, 3.8) is 0 Å². The number of benzene rings is 2. The Labute approximate surface area is 194 Å². The van der Waals surface area contributed by atoms with E-state index in [4.69, 9.17) is 4.74 Å². The molecule has 11 heteroatoms. The third-order valence-corrected chi connectivity index (χ3v) is 6.94. The first-order valence-electron chi connectivity index (χ1n) is 10.7. The van der Waals surface area contributed by atoms with Gasteiger partial charge >= 0.3 is 12.1 Å². The number of alkyl halides is 3. The lowest BCUT2D eigenvalue weighted by Gasteiger charge is -2.16. The minimum atomic E-state index is -5.23. The van der Waals surface area contributed by atoms with Gasteiger partial charge in [0.05, 0.1) is 10.5 Å². The van der Waals surface area contributed by atoms with Crippen molar-refractivity contribution in [2.24, 2.45) is 5.92 Å². The molecular weight excluding hydrogens is 473 g/mol. The predicted molar refractivity (Wildman–Crippen MR) is 118 cm³/mol. The van der Waals surface area contributed by atoms with Crippen molar-refractivity contribution in [1.82, 2.24) is 5.32 Å². The van der Waals surface area contributed by atoms with Crippen molar-refractivity contribution in [2.45, 2.75) is 42.3 Å².